The molecule has 1 amide bonds. The predicted molar refractivity (Wildman–Crippen MR) is 106 cm³/mol. The van der Waals surface area contributed by atoms with Crippen LogP contribution in [0, 0.1) is 32.1 Å². The monoisotopic (exact) mass is 387 g/mol. The van der Waals surface area contributed by atoms with Crippen molar-refractivity contribution in [2.75, 3.05) is 36.4 Å². The third kappa shape index (κ3) is 4.15. The van der Waals surface area contributed by atoms with Crippen LogP contribution in [0.5, 0.6) is 0 Å². The molecule has 1 aliphatic heterocycles. The summed E-state index contributed by atoms with van der Waals surface area (Å²) in [6.45, 7) is 10.9. The smallest absolute Gasteiger partial charge is 0.243 e. The maximum absolute atomic E-state index is 12.7. The van der Waals surface area contributed by atoms with Gasteiger partial charge in [-0.1, -0.05) is 0 Å². The number of thiazole rings is 1. The molecule has 0 bridgehead atoms. The number of nitrogens with zero attached hydrogens (tertiary/aromatic N) is 4. The second-order valence-corrected chi connectivity index (χ2v) is 7.75. The third-order valence-electron chi connectivity index (χ3n) is 5.07. The second-order valence-electron chi connectivity index (χ2n) is 6.91. The molecule has 144 valence electrons. The van der Waals surface area contributed by atoms with Gasteiger partial charge >= 0.3 is 0 Å². The Labute approximate surface area is 163 Å². The molecule has 8 heteroatoms. The van der Waals surface area contributed by atoms with E-state index in [-0.39, 0.29) is 17.8 Å². The van der Waals surface area contributed by atoms with Crippen LogP contribution >= 0.6 is 11.3 Å². The summed E-state index contributed by atoms with van der Waals surface area (Å²) in [5.74, 6) is 0.747. The lowest BCUT2D eigenvalue weighted by Crippen LogP contribution is -2.44. The summed E-state index contributed by atoms with van der Waals surface area (Å²) in [5, 5.41) is 15.2. The summed E-state index contributed by atoms with van der Waals surface area (Å²) < 4.78 is 5.56. The normalized spacial score (nSPS) is 16.6. The van der Waals surface area contributed by atoms with E-state index in [4.69, 9.17) is 4.42 Å². The van der Waals surface area contributed by atoms with Crippen LogP contribution in [-0.4, -0.2) is 48.0 Å². The fraction of sp³-hybridized carbons (Fsp3) is 0.526. The van der Waals surface area contributed by atoms with Crippen molar-refractivity contribution in [1.82, 2.24) is 9.88 Å². The van der Waals surface area contributed by atoms with Crippen molar-refractivity contribution < 1.29 is 9.21 Å². The first-order valence-corrected chi connectivity index (χ1v) is 10.0. The molecule has 3 heterocycles. The molecule has 3 rings (SSSR count). The molecule has 0 saturated carbocycles. The van der Waals surface area contributed by atoms with Crippen molar-refractivity contribution in [2.45, 2.75) is 40.2 Å². The predicted octanol–water partition coefficient (Wildman–Crippen LogP) is 3.07. The highest BCUT2D eigenvalue weighted by Gasteiger charge is 2.26. The zero-order valence-electron chi connectivity index (χ0n) is 16.2. The Kier molecular flexibility index (Phi) is 5.82. The van der Waals surface area contributed by atoms with Crippen molar-refractivity contribution in [1.29, 1.82) is 5.26 Å². The highest BCUT2D eigenvalue weighted by Crippen LogP contribution is 2.26. The number of hydrogen-bond donors (Lipinski definition) is 1. The maximum Gasteiger partial charge on any atom is 0.243 e. The van der Waals surface area contributed by atoms with Crippen LogP contribution in [0.25, 0.3) is 0 Å². The number of nitriles is 1. The topological polar surface area (TPSA) is 85.4 Å². The molecule has 1 saturated heterocycles. The van der Waals surface area contributed by atoms with Gasteiger partial charge in [-0.05, 0) is 34.1 Å². The quantitative estimate of drug-likeness (QED) is 0.868. The van der Waals surface area contributed by atoms with Crippen molar-refractivity contribution in [3.8, 4) is 6.07 Å². The van der Waals surface area contributed by atoms with Crippen LogP contribution in [-0.2, 0) is 4.79 Å². The molecule has 0 radical (unpaired) electrons. The lowest BCUT2D eigenvalue weighted by atomic mass is 10.2. The average Bonchev–Trinajstić information content (AvgIpc) is 3.07. The minimum Gasteiger partial charge on any atom is -0.444 e. The Morgan fingerprint density at radius 3 is 2.78 bits per heavy atom. The first-order chi connectivity index (χ1) is 12.9. The first kappa shape index (κ1) is 19.4. The van der Waals surface area contributed by atoms with Gasteiger partial charge < -0.3 is 9.32 Å². The van der Waals surface area contributed by atoms with Crippen LogP contribution in [0.4, 0.5) is 11.0 Å². The van der Waals surface area contributed by atoms with Gasteiger partial charge in [0.1, 0.15) is 17.4 Å². The van der Waals surface area contributed by atoms with Gasteiger partial charge in [0.05, 0.1) is 11.7 Å². The van der Waals surface area contributed by atoms with Gasteiger partial charge in [-0.25, -0.2) is 4.98 Å². The Bertz CT molecular complexity index is 866. The Morgan fingerprint density at radius 2 is 2.11 bits per heavy atom. The molecular formula is C19H25N5O2S. The zero-order chi connectivity index (χ0) is 19.6. The number of anilines is 2. The first-order valence-electron chi connectivity index (χ1n) is 9.12. The van der Waals surface area contributed by atoms with Gasteiger partial charge in [0.15, 0.2) is 5.13 Å². The van der Waals surface area contributed by atoms with Crippen LogP contribution in [0.3, 0.4) is 0 Å². The molecule has 1 fully saturated rings. The maximum atomic E-state index is 12.7. The van der Waals surface area contributed by atoms with Gasteiger partial charge in [0.25, 0.3) is 0 Å². The number of furan rings is 1. The molecule has 1 N–H and O–H groups in total. The highest BCUT2D eigenvalue weighted by molar-refractivity contribution is 7.13. The van der Waals surface area contributed by atoms with E-state index < -0.39 is 0 Å². The number of aromatic nitrogens is 1. The number of amides is 1. The summed E-state index contributed by atoms with van der Waals surface area (Å²) >= 11 is 1.66. The van der Waals surface area contributed by atoms with Gasteiger partial charge in [0, 0.05) is 37.1 Å². The van der Waals surface area contributed by atoms with Gasteiger partial charge in [-0.15, -0.1) is 11.3 Å². The summed E-state index contributed by atoms with van der Waals surface area (Å²) in [6.07, 6.45) is 0.971. The molecule has 0 aliphatic carbocycles. The molecule has 1 aliphatic rings. The van der Waals surface area contributed by atoms with E-state index in [1.807, 2.05) is 20.8 Å². The minimum atomic E-state index is -0.305. The van der Waals surface area contributed by atoms with Gasteiger partial charge in [-0.3, -0.25) is 15.0 Å². The number of aryl methyl sites for hydroxylation is 2. The largest absolute Gasteiger partial charge is 0.444 e. The summed E-state index contributed by atoms with van der Waals surface area (Å²) in [5.41, 5.74) is 2.21. The Morgan fingerprint density at radius 1 is 1.33 bits per heavy atom. The van der Waals surface area contributed by atoms with Gasteiger partial charge in [-0.2, -0.15) is 5.26 Å². The van der Waals surface area contributed by atoms with E-state index >= 15 is 0 Å². The molecule has 2 aromatic rings. The molecule has 1 unspecified atom stereocenters. The van der Waals surface area contributed by atoms with Crippen LogP contribution in [0.2, 0.25) is 0 Å². The molecule has 0 aromatic carbocycles. The van der Waals surface area contributed by atoms with Gasteiger partial charge in [0.2, 0.25) is 11.8 Å². The number of carbonyl (C=O) groups is 1. The highest BCUT2D eigenvalue weighted by atomic mass is 32.1. The summed E-state index contributed by atoms with van der Waals surface area (Å²) in [4.78, 5) is 21.7. The number of carbonyl (C=O) groups excluding carboxylic acids is 1. The Hall–Kier alpha value is -2.37. The van der Waals surface area contributed by atoms with E-state index in [0.717, 1.165) is 49.0 Å². The minimum absolute atomic E-state index is 0.154. The Balaban J connectivity index is 1.63. The van der Waals surface area contributed by atoms with E-state index in [0.29, 0.717) is 11.3 Å². The SMILES string of the molecule is Cc1csc(N2CCCN(C(C)C(=O)Nc3oc(C)c(C)c3C#N)CC2)n1. The van der Waals surface area contributed by atoms with Crippen LogP contribution < -0.4 is 10.2 Å². The summed E-state index contributed by atoms with van der Waals surface area (Å²) in [6, 6.07) is 1.80. The van der Waals surface area contributed by atoms with E-state index in [1.54, 1.807) is 18.3 Å². The number of rotatable bonds is 4. The lowest BCUT2D eigenvalue weighted by Gasteiger charge is -2.26. The average molecular weight is 388 g/mol. The molecule has 27 heavy (non-hydrogen) atoms. The molecule has 0 spiro atoms. The van der Waals surface area contributed by atoms with E-state index in [2.05, 4.69) is 31.5 Å². The number of hydrogen-bond acceptors (Lipinski definition) is 7. The fourth-order valence-corrected chi connectivity index (χ4v) is 4.09. The van der Waals surface area contributed by atoms with Crippen LogP contribution in [0.15, 0.2) is 9.80 Å². The van der Waals surface area contributed by atoms with Crippen molar-refractivity contribution in [3.63, 3.8) is 0 Å². The van der Waals surface area contributed by atoms with Crippen molar-refractivity contribution in [2.24, 2.45) is 0 Å². The van der Waals surface area contributed by atoms with Crippen molar-refractivity contribution >= 4 is 28.3 Å². The molecule has 7 nitrogen and oxygen atoms in total. The third-order valence-corrected chi connectivity index (χ3v) is 6.09. The second kappa shape index (κ2) is 8.11. The molecular weight excluding hydrogens is 362 g/mol. The fourth-order valence-electron chi connectivity index (χ4n) is 3.23. The molecule has 2 aromatic heterocycles. The van der Waals surface area contributed by atoms with Crippen LogP contribution in [0.1, 0.15) is 35.9 Å². The molecule has 1 atom stereocenters. The van der Waals surface area contributed by atoms with E-state index in [9.17, 15) is 10.1 Å². The zero-order valence-corrected chi connectivity index (χ0v) is 17.0. The van der Waals surface area contributed by atoms with E-state index in [1.165, 1.54) is 0 Å². The lowest BCUT2D eigenvalue weighted by molar-refractivity contribution is -0.120. The van der Waals surface area contributed by atoms with Crippen molar-refractivity contribution in [3.05, 3.63) is 28.0 Å². The number of nitrogens with one attached hydrogen (secondary N) is 1. The standard InChI is InChI=1S/C19H25N5O2S/c1-12-11-27-19(21-12)24-7-5-6-23(8-9-24)14(3)17(25)22-18-16(10-20)13(2)15(4)26-18/h11,14H,5-9H2,1-4H3,(H,22,25). The summed E-state index contributed by atoms with van der Waals surface area (Å²) in [7, 11) is 0.